The van der Waals surface area contributed by atoms with E-state index in [9.17, 15) is 9.90 Å². The van der Waals surface area contributed by atoms with Crippen LogP contribution in [0.2, 0.25) is 0 Å². The summed E-state index contributed by atoms with van der Waals surface area (Å²) in [4.78, 5) is 16.4. The van der Waals surface area contributed by atoms with Gasteiger partial charge >= 0.3 is 0 Å². The molecule has 2 N–H and O–H groups in total. The largest absolute Gasteiger partial charge is 0.392 e. The Morgan fingerprint density at radius 2 is 1.88 bits per heavy atom. The van der Waals surface area contributed by atoms with Gasteiger partial charge in [-0.05, 0) is 50.9 Å². The Hall–Kier alpha value is -1.01. The fraction of sp³-hybridized carbons (Fsp3) is 0.611. The minimum atomic E-state index is -0.264. The number of hydrogen-bond donors (Lipinski definition) is 2. The third kappa shape index (κ3) is 8.77. The van der Waals surface area contributed by atoms with Crippen LogP contribution in [-0.4, -0.2) is 66.7 Å². The number of carbonyl (C=O) groups excluding carboxylic acids is 1. The summed E-state index contributed by atoms with van der Waals surface area (Å²) in [5.41, 5.74) is 0.973. The van der Waals surface area contributed by atoms with E-state index < -0.39 is 0 Å². The van der Waals surface area contributed by atoms with Crippen molar-refractivity contribution in [1.29, 1.82) is 0 Å². The maximum absolute atomic E-state index is 12.2. The molecule has 7 heteroatoms. The third-order valence-corrected chi connectivity index (χ3v) is 4.40. The van der Waals surface area contributed by atoms with E-state index in [-0.39, 0.29) is 36.8 Å². The van der Waals surface area contributed by atoms with E-state index in [0.717, 1.165) is 44.7 Å². The highest BCUT2D eigenvalue weighted by atomic mass is 35.5. The van der Waals surface area contributed by atoms with Gasteiger partial charge in [-0.2, -0.15) is 0 Å². The van der Waals surface area contributed by atoms with Gasteiger partial charge in [0.1, 0.15) is 0 Å². The average molecular weight is 392 g/mol. The van der Waals surface area contributed by atoms with Gasteiger partial charge < -0.3 is 20.2 Å². The predicted molar refractivity (Wildman–Crippen MR) is 108 cm³/mol. The number of rotatable bonds is 7. The molecule has 144 valence electrons. The second-order valence-corrected chi connectivity index (χ2v) is 6.59. The molecular weight excluding hydrogens is 361 g/mol. The summed E-state index contributed by atoms with van der Waals surface area (Å²) in [7, 11) is 1.89. The molecule has 1 aromatic rings. The van der Waals surface area contributed by atoms with Crippen molar-refractivity contribution < 1.29 is 9.90 Å². The van der Waals surface area contributed by atoms with Crippen LogP contribution in [0.15, 0.2) is 30.3 Å². The van der Waals surface area contributed by atoms with Gasteiger partial charge in [0.05, 0.1) is 12.6 Å². The summed E-state index contributed by atoms with van der Waals surface area (Å²) in [5.74, 6) is 0.686. The van der Waals surface area contributed by atoms with E-state index in [0.29, 0.717) is 12.5 Å². The van der Waals surface area contributed by atoms with Crippen molar-refractivity contribution in [1.82, 2.24) is 9.80 Å². The molecule has 0 spiro atoms. The molecule has 1 heterocycles. The van der Waals surface area contributed by atoms with E-state index >= 15 is 0 Å². The zero-order chi connectivity index (χ0) is 16.7. The van der Waals surface area contributed by atoms with Crippen molar-refractivity contribution >= 4 is 36.4 Å². The first-order valence-corrected chi connectivity index (χ1v) is 8.48. The summed E-state index contributed by atoms with van der Waals surface area (Å²) in [6, 6.07) is 9.80. The molecule has 1 aromatic carbocycles. The first-order valence-electron chi connectivity index (χ1n) is 8.48. The summed E-state index contributed by atoms with van der Waals surface area (Å²) < 4.78 is 0. The van der Waals surface area contributed by atoms with Crippen molar-refractivity contribution in [3.63, 3.8) is 0 Å². The molecule has 1 amide bonds. The quantitative estimate of drug-likeness (QED) is 0.749. The molecule has 25 heavy (non-hydrogen) atoms. The first-order chi connectivity index (χ1) is 11.0. The number of carbonyl (C=O) groups is 1. The van der Waals surface area contributed by atoms with E-state index in [1.807, 2.05) is 49.2 Å². The molecule has 1 saturated heterocycles. The highest BCUT2D eigenvalue weighted by molar-refractivity contribution is 5.85. The number of halogens is 2. The fourth-order valence-electron chi connectivity index (χ4n) is 3.08. The fourth-order valence-corrected chi connectivity index (χ4v) is 3.08. The predicted octanol–water partition coefficient (Wildman–Crippen LogP) is 2.49. The van der Waals surface area contributed by atoms with E-state index in [1.165, 1.54) is 0 Å². The van der Waals surface area contributed by atoms with Gasteiger partial charge in [-0.1, -0.05) is 18.2 Å². The third-order valence-electron chi connectivity index (χ3n) is 4.40. The lowest BCUT2D eigenvalue weighted by Crippen LogP contribution is -2.42. The van der Waals surface area contributed by atoms with Gasteiger partial charge in [0.2, 0.25) is 5.91 Å². The molecule has 1 aliphatic heterocycles. The van der Waals surface area contributed by atoms with Crippen LogP contribution in [0.3, 0.4) is 0 Å². The van der Waals surface area contributed by atoms with Crippen molar-refractivity contribution in [2.75, 3.05) is 45.1 Å². The number of β-amino-alcohol motifs (C(OH)–C–C–N with tert-alkyl or cyclic N) is 1. The summed E-state index contributed by atoms with van der Waals surface area (Å²) in [6.07, 6.45) is 1.92. The molecule has 0 saturated carbocycles. The van der Waals surface area contributed by atoms with Gasteiger partial charge in [-0.25, -0.2) is 0 Å². The number of aliphatic hydroxyl groups is 1. The van der Waals surface area contributed by atoms with E-state index in [4.69, 9.17) is 0 Å². The Morgan fingerprint density at radius 3 is 2.44 bits per heavy atom. The molecule has 1 unspecified atom stereocenters. The van der Waals surface area contributed by atoms with Gasteiger partial charge in [0.15, 0.2) is 0 Å². The number of likely N-dealkylation sites (N-methyl/N-ethyl adjacent to an activating group) is 1. The van der Waals surface area contributed by atoms with Crippen LogP contribution in [0.5, 0.6) is 0 Å². The van der Waals surface area contributed by atoms with Crippen LogP contribution in [0.25, 0.3) is 0 Å². The molecule has 2 rings (SSSR count). The topological polar surface area (TPSA) is 55.8 Å². The van der Waals surface area contributed by atoms with Gasteiger partial charge in [0, 0.05) is 25.8 Å². The van der Waals surface area contributed by atoms with Gasteiger partial charge in [0.25, 0.3) is 0 Å². The SMILES string of the molecule is CC(O)CN1CCC(CN(C)C(=O)CNc2ccccc2)CC1.Cl.Cl. The Bertz CT molecular complexity index is 480. The smallest absolute Gasteiger partial charge is 0.241 e. The highest BCUT2D eigenvalue weighted by Crippen LogP contribution is 2.18. The lowest BCUT2D eigenvalue weighted by Gasteiger charge is -2.34. The van der Waals surface area contributed by atoms with Crippen molar-refractivity contribution in [3.8, 4) is 0 Å². The molecule has 1 atom stereocenters. The lowest BCUT2D eigenvalue weighted by atomic mass is 9.96. The number of benzene rings is 1. The number of aliphatic hydroxyl groups excluding tert-OH is 1. The van der Waals surface area contributed by atoms with Crippen molar-refractivity contribution in [2.45, 2.75) is 25.9 Å². The molecule has 0 aliphatic carbocycles. The number of para-hydroxylation sites is 1. The minimum Gasteiger partial charge on any atom is -0.392 e. The maximum Gasteiger partial charge on any atom is 0.241 e. The van der Waals surface area contributed by atoms with Crippen LogP contribution in [0.4, 0.5) is 5.69 Å². The summed E-state index contributed by atoms with van der Waals surface area (Å²) in [6.45, 7) is 5.76. The Labute approximate surface area is 163 Å². The number of hydrogen-bond acceptors (Lipinski definition) is 4. The normalized spacial score (nSPS) is 16.3. The van der Waals surface area contributed by atoms with Crippen LogP contribution >= 0.6 is 24.8 Å². The number of amides is 1. The Morgan fingerprint density at radius 1 is 1.28 bits per heavy atom. The first kappa shape index (κ1) is 24.0. The molecule has 1 aliphatic rings. The molecule has 1 fully saturated rings. The Kier molecular flexibility index (Phi) is 11.9. The molecule has 0 aromatic heterocycles. The minimum absolute atomic E-state index is 0. The van der Waals surface area contributed by atoms with Gasteiger partial charge in [-0.3, -0.25) is 4.79 Å². The molecule has 5 nitrogen and oxygen atoms in total. The number of likely N-dealkylation sites (tertiary alicyclic amines) is 1. The number of anilines is 1. The zero-order valence-corrected chi connectivity index (χ0v) is 16.7. The van der Waals surface area contributed by atoms with E-state index in [1.54, 1.807) is 0 Å². The van der Waals surface area contributed by atoms with Crippen LogP contribution in [0.1, 0.15) is 19.8 Å². The second-order valence-electron chi connectivity index (χ2n) is 6.59. The van der Waals surface area contributed by atoms with Crippen molar-refractivity contribution in [2.24, 2.45) is 5.92 Å². The second kappa shape index (κ2) is 12.4. The lowest BCUT2D eigenvalue weighted by molar-refractivity contribution is -0.128. The maximum atomic E-state index is 12.2. The van der Waals surface area contributed by atoms with Crippen LogP contribution in [0, 0.1) is 5.92 Å². The number of piperidine rings is 1. The molecule has 0 radical (unpaired) electrons. The highest BCUT2D eigenvalue weighted by Gasteiger charge is 2.22. The van der Waals surface area contributed by atoms with Crippen LogP contribution < -0.4 is 5.32 Å². The summed E-state index contributed by atoms with van der Waals surface area (Å²) in [5, 5.41) is 12.6. The van der Waals surface area contributed by atoms with E-state index in [2.05, 4.69) is 10.2 Å². The van der Waals surface area contributed by atoms with Gasteiger partial charge in [-0.15, -0.1) is 24.8 Å². The standard InChI is InChI=1S/C18H29N3O2.2ClH/c1-15(22)13-21-10-8-16(9-11-21)14-20(2)18(23)12-19-17-6-4-3-5-7-17;;/h3-7,15-16,19,22H,8-14H2,1-2H3;2*1H. The van der Waals surface area contributed by atoms with Crippen LogP contribution in [-0.2, 0) is 4.79 Å². The molecular formula is C18H31Cl2N3O2. The van der Waals surface area contributed by atoms with Crippen molar-refractivity contribution in [3.05, 3.63) is 30.3 Å². The zero-order valence-electron chi connectivity index (χ0n) is 15.1. The number of nitrogens with zero attached hydrogens (tertiary/aromatic N) is 2. The molecule has 0 bridgehead atoms. The number of nitrogens with one attached hydrogen (secondary N) is 1. The average Bonchev–Trinajstić information content (AvgIpc) is 2.55. The summed E-state index contributed by atoms with van der Waals surface area (Å²) >= 11 is 0. The Balaban J connectivity index is 0.00000288. The monoisotopic (exact) mass is 391 g/mol.